The van der Waals surface area contributed by atoms with Gasteiger partial charge in [0, 0.05) is 25.3 Å². The highest BCUT2D eigenvalue weighted by Crippen LogP contribution is 2.37. The van der Waals surface area contributed by atoms with Crippen molar-refractivity contribution in [3.63, 3.8) is 0 Å². The number of amides is 2. The van der Waals surface area contributed by atoms with Gasteiger partial charge in [-0.1, -0.05) is 50.2 Å². The van der Waals surface area contributed by atoms with E-state index < -0.39 is 0 Å². The molecule has 0 spiro atoms. The smallest absolute Gasteiger partial charge is 0.257 e. The Balaban J connectivity index is 1.51. The number of likely N-dealkylation sites (N-methyl/N-ethyl adjacent to an activating group) is 1. The molecule has 2 aromatic carbocycles. The van der Waals surface area contributed by atoms with Crippen molar-refractivity contribution >= 4 is 29.0 Å². The van der Waals surface area contributed by atoms with Gasteiger partial charge < -0.3 is 10.2 Å². The maximum Gasteiger partial charge on any atom is 0.257 e. The number of anilines is 3. The Morgan fingerprint density at radius 2 is 1.83 bits per heavy atom. The first-order valence-corrected chi connectivity index (χ1v) is 12.3. The summed E-state index contributed by atoms with van der Waals surface area (Å²) in [6.45, 7) is 8.17. The van der Waals surface area contributed by atoms with Crippen LogP contribution in [0.4, 0.5) is 17.2 Å². The van der Waals surface area contributed by atoms with E-state index in [0.717, 1.165) is 32.6 Å². The third-order valence-electron chi connectivity index (χ3n) is 7.07. The van der Waals surface area contributed by atoms with E-state index in [-0.39, 0.29) is 24.4 Å². The van der Waals surface area contributed by atoms with E-state index >= 15 is 0 Å². The standard InChI is InChI=1S/C28H31N5O2/c1-3-31(4-2)18-25-21-11-6-5-10-20(21)15-17-32(25)19-26(34)33-24-14-8-7-12-22(24)28(35)30-23-13-9-16-29-27(23)33/h5-14,16,25H,3-4,15,17-19H2,1-2H3,(H,30,35)/t25-/m1/s1. The van der Waals surface area contributed by atoms with Gasteiger partial charge in [-0.2, -0.15) is 0 Å². The summed E-state index contributed by atoms with van der Waals surface area (Å²) < 4.78 is 0. The highest BCUT2D eigenvalue weighted by atomic mass is 16.2. The van der Waals surface area contributed by atoms with Gasteiger partial charge in [0.2, 0.25) is 5.91 Å². The van der Waals surface area contributed by atoms with Crippen LogP contribution in [0.25, 0.3) is 0 Å². The second kappa shape index (κ2) is 9.98. The van der Waals surface area contributed by atoms with Crippen molar-refractivity contribution in [2.24, 2.45) is 0 Å². The third kappa shape index (κ3) is 4.45. The third-order valence-corrected chi connectivity index (χ3v) is 7.07. The quantitative estimate of drug-likeness (QED) is 0.585. The number of hydrogen-bond donors (Lipinski definition) is 1. The molecule has 7 heteroatoms. The Morgan fingerprint density at radius 3 is 2.66 bits per heavy atom. The molecular formula is C28H31N5O2. The van der Waals surface area contributed by atoms with Crippen LogP contribution in [0.1, 0.15) is 41.4 Å². The molecular weight excluding hydrogens is 438 g/mol. The maximum atomic E-state index is 14.0. The van der Waals surface area contributed by atoms with E-state index in [4.69, 9.17) is 0 Å². The number of nitrogens with one attached hydrogen (secondary N) is 1. The molecule has 7 nitrogen and oxygen atoms in total. The van der Waals surface area contributed by atoms with E-state index in [2.05, 4.69) is 58.2 Å². The molecule has 3 aromatic rings. The molecule has 1 N–H and O–H groups in total. The van der Waals surface area contributed by atoms with Crippen LogP contribution in [0.15, 0.2) is 66.9 Å². The van der Waals surface area contributed by atoms with E-state index in [1.165, 1.54) is 11.1 Å². The lowest BCUT2D eigenvalue weighted by Crippen LogP contribution is -2.47. The molecule has 2 aliphatic rings. The van der Waals surface area contributed by atoms with Gasteiger partial charge in [0.25, 0.3) is 5.91 Å². The number of pyridine rings is 1. The molecule has 1 aromatic heterocycles. The van der Waals surface area contributed by atoms with Crippen LogP contribution >= 0.6 is 0 Å². The van der Waals surface area contributed by atoms with E-state index in [1.54, 1.807) is 29.3 Å². The van der Waals surface area contributed by atoms with Crippen molar-refractivity contribution in [2.45, 2.75) is 26.3 Å². The van der Waals surface area contributed by atoms with Crippen molar-refractivity contribution in [2.75, 3.05) is 42.9 Å². The zero-order valence-corrected chi connectivity index (χ0v) is 20.3. The predicted octanol–water partition coefficient (Wildman–Crippen LogP) is 4.25. The van der Waals surface area contributed by atoms with Gasteiger partial charge in [-0.3, -0.25) is 19.4 Å². The molecule has 2 amide bonds. The summed E-state index contributed by atoms with van der Waals surface area (Å²) in [5.41, 5.74) is 4.21. The topological polar surface area (TPSA) is 68.8 Å². The number of fused-ring (bicyclic) bond motifs is 3. The van der Waals surface area contributed by atoms with Crippen molar-refractivity contribution in [3.05, 3.63) is 83.6 Å². The number of aromatic nitrogens is 1. The SMILES string of the molecule is CCN(CC)C[C@@H]1c2ccccc2CCN1CC(=O)N1c2ccccc2C(=O)Nc2cccnc21. The average Bonchev–Trinajstić information content (AvgIpc) is 3.01. The minimum atomic E-state index is -0.239. The summed E-state index contributed by atoms with van der Waals surface area (Å²) in [6, 6.07) is 19.5. The number of rotatable bonds is 6. The number of nitrogens with zero attached hydrogens (tertiary/aromatic N) is 4. The summed E-state index contributed by atoms with van der Waals surface area (Å²) in [4.78, 5) is 37.7. The van der Waals surface area contributed by atoms with E-state index in [0.29, 0.717) is 22.8 Å². The van der Waals surface area contributed by atoms with Gasteiger partial charge in [-0.05, 0) is 54.9 Å². The summed E-state index contributed by atoms with van der Waals surface area (Å²) in [5.74, 6) is 0.114. The number of carbonyl (C=O) groups excluding carboxylic acids is 2. The molecule has 0 unspecified atom stereocenters. The minimum absolute atomic E-state index is 0.0992. The average molecular weight is 470 g/mol. The van der Waals surface area contributed by atoms with Crippen LogP contribution in [0, 0.1) is 0 Å². The molecule has 0 saturated carbocycles. The van der Waals surface area contributed by atoms with Gasteiger partial charge >= 0.3 is 0 Å². The number of hydrogen-bond acceptors (Lipinski definition) is 5. The van der Waals surface area contributed by atoms with E-state index in [1.807, 2.05) is 18.2 Å². The Bertz CT molecular complexity index is 1240. The first-order chi connectivity index (χ1) is 17.1. The Kier molecular flexibility index (Phi) is 6.61. The molecule has 1 atom stereocenters. The van der Waals surface area contributed by atoms with Crippen molar-refractivity contribution in [1.82, 2.24) is 14.8 Å². The molecule has 5 rings (SSSR count). The van der Waals surface area contributed by atoms with Crippen molar-refractivity contribution < 1.29 is 9.59 Å². The summed E-state index contributed by atoms with van der Waals surface area (Å²) in [6.07, 6.45) is 2.56. The van der Waals surface area contributed by atoms with Gasteiger partial charge in [-0.25, -0.2) is 4.98 Å². The van der Waals surface area contributed by atoms with Crippen molar-refractivity contribution in [1.29, 1.82) is 0 Å². The predicted molar refractivity (Wildman–Crippen MR) is 138 cm³/mol. The monoisotopic (exact) mass is 469 g/mol. The second-order valence-electron chi connectivity index (χ2n) is 9.00. The van der Waals surface area contributed by atoms with Crippen molar-refractivity contribution in [3.8, 4) is 0 Å². The van der Waals surface area contributed by atoms with Gasteiger partial charge in [0.05, 0.1) is 23.5 Å². The largest absolute Gasteiger partial charge is 0.319 e. The fourth-order valence-electron chi connectivity index (χ4n) is 5.17. The maximum absolute atomic E-state index is 14.0. The first-order valence-electron chi connectivity index (χ1n) is 12.3. The fourth-order valence-corrected chi connectivity index (χ4v) is 5.17. The Labute approximate surface area is 206 Å². The van der Waals surface area contributed by atoms with Crippen LogP contribution in [-0.2, 0) is 11.2 Å². The summed E-state index contributed by atoms with van der Waals surface area (Å²) in [7, 11) is 0. The molecule has 0 saturated heterocycles. The molecule has 2 aliphatic heterocycles. The van der Waals surface area contributed by atoms with Gasteiger partial charge in [0.1, 0.15) is 0 Å². The fraction of sp³-hybridized carbons (Fsp3) is 0.321. The molecule has 0 radical (unpaired) electrons. The van der Waals surface area contributed by atoms with Crippen LogP contribution in [0.3, 0.4) is 0 Å². The lowest BCUT2D eigenvalue weighted by molar-refractivity contribution is -0.119. The summed E-state index contributed by atoms with van der Waals surface area (Å²) >= 11 is 0. The molecule has 35 heavy (non-hydrogen) atoms. The molecule has 180 valence electrons. The van der Waals surface area contributed by atoms with Crippen LogP contribution in [0.2, 0.25) is 0 Å². The van der Waals surface area contributed by atoms with Gasteiger partial charge in [0.15, 0.2) is 5.82 Å². The second-order valence-corrected chi connectivity index (χ2v) is 9.00. The first kappa shape index (κ1) is 23.2. The number of para-hydroxylation sites is 1. The van der Waals surface area contributed by atoms with Crippen LogP contribution in [0.5, 0.6) is 0 Å². The Morgan fingerprint density at radius 1 is 1.06 bits per heavy atom. The number of carbonyl (C=O) groups is 2. The Hall–Kier alpha value is -3.55. The minimum Gasteiger partial charge on any atom is -0.319 e. The zero-order valence-electron chi connectivity index (χ0n) is 20.3. The lowest BCUT2D eigenvalue weighted by Gasteiger charge is -2.40. The highest BCUT2D eigenvalue weighted by molar-refractivity contribution is 6.17. The van der Waals surface area contributed by atoms with Crippen LogP contribution in [-0.4, -0.2) is 59.3 Å². The molecule has 3 heterocycles. The zero-order chi connectivity index (χ0) is 24.4. The molecule has 0 bridgehead atoms. The summed E-state index contributed by atoms with van der Waals surface area (Å²) in [5, 5.41) is 2.91. The molecule has 0 fully saturated rings. The highest BCUT2D eigenvalue weighted by Gasteiger charge is 2.34. The van der Waals surface area contributed by atoms with E-state index in [9.17, 15) is 9.59 Å². The molecule has 0 aliphatic carbocycles. The van der Waals surface area contributed by atoms with Gasteiger partial charge in [-0.15, -0.1) is 0 Å². The lowest BCUT2D eigenvalue weighted by atomic mass is 9.92. The number of benzene rings is 2. The normalized spacial score (nSPS) is 17.3. The van der Waals surface area contributed by atoms with Crippen LogP contribution < -0.4 is 10.2 Å².